The predicted octanol–water partition coefficient (Wildman–Crippen LogP) is 0.850. The van der Waals surface area contributed by atoms with E-state index in [-0.39, 0.29) is 0 Å². The second-order valence-electron chi connectivity index (χ2n) is 7.56. The summed E-state index contributed by atoms with van der Waals surface area (Å²) in [6.07, 6.45) is 2.62. The average molecular weight is 340 g/mol. The maximum absolute atomic E-state index is 5.49. The van der Waals surface area contributed by atoms with Crippen LogP contribution >= 0.6 is 0 Å². The Bertz CT molecular complexity index is 382. The van der Waals surface area contributed by atoms with Crippen LogP contribution in [0.1, 0.15) is 26.7 Å². The van der Waals surface area contributed by atoms with E-state index in [9.17, 15) is 0 Å². The third-order valence-corrected chi connectivity index (χ3v) is 5.27. The van der Waals surface area contributed by atoms with Crippen molar-refractivity contribution in [2.24, 2.45) is 16.8 Å². The first kappa shape index (κ1) is 19.5. The van der Waals surface area contributed by atoms with Crippen LogP contribution < -0.4 is 10.6 Å². The highest BCUT2D eigenvalue weighted by atomic mass is 16.5. The van der Waals surface area contributed by atoms with Crippen molar-refractivity contribution in [2.45, 2.75) is 32.7 Å². The number of hydrogen-bond acceptors (Lipinski definition) is 4. The second-order valence-corrected chi connectivity index (χ2v) is 7.56. The van der Waals surface area contributed by atoms with E-state index in [1.807, 2.05) is 7.05 Å². The first-order valence-corrected chi connectivity index (χ1v) is 9.55. The quantitative estimate of drug-likeness (QED) is 0.555. The van der Waals surface area contributed by atoms with E-state index >= 15 is 0 Å². The molecule has 2 heterocycles. The third-order valence-electron chi connectivity index (χ3n) is 5.27. The molecule has 2 atom stereocenters. The van der Waals surface area contributed by atoms with Gasteiger partial charge >= 0.3 is 0 Å². The van der Waals surface area contributed by atoms with Crippen molar-refractivity contribution in [3.05, 3.63) is 0 Å². The molecule has 0 amide bonds. The van der Waals surface area contributed by atoms with Crippen molar-refractivity contribution in [3.63, 3.8) is 0 Å². The van der Waals surface area contributed by atoms with Crippen LogP contribution in [0.15, 0.2) is 4.99 Å². The van der Waals surface area contributed by atoms with Crippen LogP contribution in [0.4, 0.5) is 0 Å². The molecule has 2 N–H and O–H groups in total. The van der Waals surface area contributed by atoms with Crippen molar-refractivity contribution < 1.29 is 4.74 Å². The molecule has 2 saturated heterocycles. The molecule has 24 heavy (non-hydrogen) atoms. The summed E-state index contributed by atoms with van der Waals surface area (Å²) >= 11 is 0. The fraction of sp³-hybridized carbons (Fsp3) is 0.944. The number of nitrogens with one attached hydrogen (secondary N) is 2. The Morgan fingerprint density at radius 1 is 1.21 bits per heavy atom. The summed E-state index contributed by atoms with van der Waals surface area (Å²) in [7, 11) is 4.08. The zero-order chi connectivity index (χ0) is 17.4. The van der Waals surface area contributed by atoms with Crippen LogP contribution in [0, 0.1) is 11.8 Å². The van der Waals surface area contributed by atoms with Crippen LogP contribution in [0.5, 0.6) is 0 Å². The normalized spacial score (nSPS) is 25.7. The predicted molar refractivity (Wildman–Crippen MR) is 101 cm³/mol. The van der Waals surface area contributed by atoms with E-state index in [1.54, 1.807) is 0 Å². The Morgan fingerprint density at radius 3 is 2.58 bits per heavy atom. The molecule has 0 aromatic carbocycles. The number of guanidine groups is 1. The number of piperidine rings is 1. The molecule has 0 radical (unpaired) electrons. The van der Waals surface area contributed by atoms with E-state index in [2.05, 4.69) is 46.3 Å². The van der Waals surface area contributed by atoms with Gasteiger partial charge in [0.25, 0.3) is 0 Å². The topological polar surface area (TPSA) is 52.1 Å². The molecule has 0 aliphatic carbocycles. The van der Waals surface area contributed by atoms with Gasteiger partial charge in [0.05, 0.1) is 13.2 Å². The van der Waals surface area contributed by atoms with E-state index in [0.717, 1.165) is 51.3 Å². The SMILES string of the molecule is CN=C(NCC1CCCN(C)C1)NCC(C(C)C)N1CCOCC1. The maximum atomic E-state index is 5.49. The summed E-state index contributed by atoms with van der Waals surface area (Å²) in [6.45, 7) is 12.7. The molecule has 2 unspecified atom stereocenters. The van der Waals surface area contributed by atoms with Crippen LogP contribution in [-0.2, 0) is 4.74 Å². The average Bonchev–Trinajstić information content (AvgIpc) is 2.58. The number of aliphatic imine (C=N–C) groups is 1. The Labute approximate surface area is 148 Å². The highest BCUT2D eigenvalue weighted by molar-refractivity contribution is 5.79. The standard InChI is InChI=1S/C18H37N5O/c1-15(2)17(23-8-10-24-11-9-23)13-21-18(19-3)20-12-16-6-5-7-22(4)14-16/h15-17H,5-14H2,1-4H3,(H2,19,20,21). The highest BCUT2D eigenvalue weighted by Gasteiger charge is 2.24. The Hall–Kier alpha value is -0.850. The van der Waals surface area contributed by atoms with Gasteiger partial charge in [0, 0.05) is 45.8 Å². The zero-order valence-electron chi connectivity index (χ0n) is 16.1. The van der Waals surface area contributed by atoms with Crippen LogP contribution in [0.3, 0.4) is 0 Å². The van der Waals surface area contributed by atoms with Gasteiger partial charge in [-0.25, -0.2) is 0 Å². The largest absolute Gasteiger partial charge is 0.379 e. The van der Waals surface area contributed by atoms with Crippen molar-refractivity contribution in [2.75, 3.05) is 66.6 Å². The van der Waals surface area contributed by atoms with Crippen LogP contribution in [-0.4, -0.2) is 88.4 Å². The smallest absolute Gasteiger partial charge is 0.191 e. The number of likely N-dealkylation sites (tertiary alicyclic amines) is 1. The van der Waals surface area contributed by atoms with Crippen molar-refractivity contribution >= 4 is 5.96 Å². The lowest BCUT2D eigenvalue weighted by molar-refractivity contribution is 0.00752. The molecule has 6 nitrogen and oxygen atoms in total. The fourth-order valence-corrected chi connectivity index (χ4v) is 3.80. The molecular weight excluding hydrogens is 302 g/mol. The molecule has 0 bridgehead atoms. The molecule has 140 valence electrons. The summed E-state index contributed by atoms with van der Waals surface area (Å²) in [5.74, 6) is 2.27. The zero-order valence-corrected chi connectivity index (χ0v) is 16.1. The van der Waals surface area contributed by atoms with E-state index < -0.39 is 0 Å². The minimum Gasteiger partial charge on any atom is -0.379 e. The van der Waals surface area contributed by atoms with Gasteiger partial charge in [-0.05, 0) is 38.3 Å². The summed E-state index contributed by atoms with van der Waals surface area (Å²) in [5, 5.41) is 7.07. The molecular formula is C18H37N5O. The van der Waals surface area contributed by atoms with Crippen LogP contribution in [0.2, 0.25) is 0 Å². The van der Waals surface area contributed by atoms with Gasteiger partial charge in [-0.2, -0.15) is 0 Å². The number of hydrogen-bond donors (Lipinski definition) is 2. The minimum atomic E-state index is 0.522. The third kappa shape index (κ3) is 6.22. The van der Waals surface area contributed by atoms with Gasteiger partial charge in [0.1, 0.15) is 0 Å². The first-order valence-electron chi connectivity index (χ1n) is 9.55. The van der Waals surface area contributed by atoms with Crippen molar-refractivity contribution in [1.82, 2.24) is 20.4 Å². The molecule has 0 aromatic rings. The number of nitrogens with zero attached hydrogens (tertiary/aromatic N) is 3. The molecule has 2 fully saturated rings. The molecule has 0 saturated carbocycles. The number of morpholine rings is 1. The molecule has 2 aliphatic heterocycles. The highest BCUT2D eigenvalue weighted by Crippen LogP contribution is 2.14. The van der Waals surface area contributed by atoms with Gasteiger partial charge in [-0.1, -0.05) is 13.8 Å². The number of ether oxygens (including phenoxy) is 1. The van der Waals surface area contributed by atoms with E-state index in [1.165, 1.54) is 25.9 Å². The molecule has 2 aliphatic rings. The van der Waals surface area contributed by atoms with Crippen molar-refractivity contribution in [3.8, 4) is 0 Å². The summed E-state index contributed by atoms with van der Waals surface area (Å²) in [6, 6.07) is 0.522. The molecule has 2 rings (SSSR count). The molecule has 0 aromatic heterocycles. The molecule has 6 heteroatoms. The van der Waals surface area contributed by atoms with Gasteiger partial charge in [-0.3, -0.25) is 9.89 Å². The Kier molecular flexibility index (Phi) is 8.29. The number of rotatable bonds is 6. The minimum absolute atomic E-state index is 0.522. The second kappa shape index (κ2) is 10.2. The van der Waals surface area contributed by atoms with E-state index in [4.69, 9.17) is 4.74 Å². The summed E-state index contributed by atoms with van der Waals surface area (Å²) in [5.41, 5.74) is 0. The lowest BCUT2D eigenvalue weighted by Crippen LogP contribution is -2.53. The molecule has 0 spiro atoms. The maximum Gasteiger partial charge on any atom is 0.191 e. The van der Waals surface area contributed by atoms with Gasteiger partial charge in [0.2, 0.25) is 0 Å². The first-order chi connectivity index (χ1) is 11.6. The summed E-state index contributed by atoms with van der Waals surface area (Å²) in [4.78, 5) is 9.38. The monoisotopic (exact) mass is 339 g/mol. The Balaban J connectivity index is 1.76. The Morgan fingerprint density at radius 2 is 1.96 bits per heavy atom. The van der Waals surface area contributed by atoms with Gasteiger partial charge in [-0.15, -0.1) is 0 Å². The van der Waals surface area contributed by atoms with Gasteiger partial charge < -0.3 is 20.3 Å². The fourth-order valence-electron chi connectivity index (χ4n) is 3.80. The van der Waals surface area contributed by atoms with Crippen molar-refractivity contribution in [1.29, 1.82) is 0 Å². The van der Waals surface area contributed by atoms with E-state index in [0.29, 0.717) is 12.0 Å². The lowest BCUT2D eigenvalue weighted by Gasteiger charge is -2.37. The summed E-state index contributed by atoms with van der Waals surface area (Å²) < 4.78 is 5.49. The van der Waals surface area contributed by atoms with Crippen LogP contribution in [0.25, 0.3) is 0 Å². The van der Waals surface area contributed by atoms with Gasteiger partial charge in [0.15, 0.2) is 5.96 Å². The lowest BCUT2D eigenvalue weighted by atomic mass is 9.98.